The van der Waals surface area contributed by atoms with Crippen LogP contribution in [-0.2, 0) is 13.0 Å². The Bertz CT molecular complexity index is 1570. The monoisotopic (exact) mass is 506 g/mol. The highest BCUT2D eigenvalue weighted by Crippen LogP contribution is 2.25. The van der Waals surface area contributed by atoms with Crippen molar-refractivity contribution in [3.63, 3.8) is 0 Å². The zero-order valence-electron chi connectivity index (χ0n) is 20.3. The maximum absolute atomic E-state index is 13.1. The molecule has 0 aliphatic rings. The number of hydrogen-bond donors (Lipinski definition) is 2. The molecule has 0 atom stereocenters. The third-order valence-electron chi connectivity index (χ3n) is 6.28. The van der Waals surface area contributed by atoms with Crippen molar-refractivity contribution in [3.05, 3.63) is 134 Å². The number of rotatable bonds is 7. The molecule has 0 radical (unpaired) electrons. The second kappa shape index (κ2) is 10.7. The standard InChI is InChI=1S/C31H26N2O3S/c1-33(30(35)26-16-14-24(15-17-26)23-7-3-2-4-8-23)20-22-6-5-9-27(18-22)25-12-10-21(11-13-25)19-28-29(34)32-31(36)37-28/h2-18,34H,19-20H2,1H3,(H,32,36). The van der Waals surface area contributed by atoms with E-state index in [9.17, 15) is 14.7 Å². The van der Waals surface area contributed by atoms with Crippen LogP contribution >= 0.6 is 11.3 Å². The summed E-state index contributed by atoms with van der Waals surface area (Å²) in [6, 6.07) is 34.1. The summed E-state index contributed by atoms with van der Waals surface area (Å²) < 4.78 is 0. The van der Waals surface area contributed by atoms with Gasteiger partial charge in [0, 0.05) is 25.6 Å². The summed E-state index contributed by atoms with van der Waals surface area (Å²) >= 11 is 1.02. The number of aromatic hydroxyl groups is 1. The van der Waals surface area contributed by atoms with Crippen molar-refractivity contribution in [2.45, 2.75) is 13.0 Å². The molecule has 0 saturated carbocycles. The van der Waals surface area contributed by atoms with Crippen LogP contribution in [0.5, 0.6) is 5.88 Å². The van der Waals surface area contributed by atoms with Gasteiger partial charge in [0.05, 0.1) is 4.88 Å². The Morgan fingerprint density at radius 2 is 1.41 bits per heavy atom. The number of H-pyrrole nitrogens is 1. The first-order valence-corrected chi connectivity index (χ1v) is 12.8. The van der Waals surface area contributed by atoms with Crippen molar-refractivity contribution in [1.82, 2.24) is 9.88 Å². The van der Waals surface area contributed by atoms with Crippen molar-refractivity contribution in [2.75, 3.05) is 7.05 Å². The topological polar surface area (TPSA) is 73.4 Å². The fourth-order valence-corrected chi connectivity index (χ4v) is 5.08. The predicted molar refractivity (Wildman–Crippen MR) is 149 cm³/mol. The molecule has 4 aromatic carbocycles. The molecule has 0 unspecified atom stereocenters. The first kappa shape index (κ1) is 24.3. The van der Waals surface area contributed by atoms with Gasteiger partial charge in [-0.05, 0) is 51.6 Å². The minimum atomic E-state index is -0.256. The molecule has 0 spiro atoms. The summed E-state index contributed by atoms with van der Waals surface area (Å²) in [5, 5.41) is 9.83. The molecular weight excluding hydrogens is 480 g/mol. The normalized spacial score (nSPS) is 10.8. The molecule has 0 bridgehead atoms. The van der Waals surface area contributed by atoms with Gasteiger partial charge in [-0.15, -0.1) is 0 Å². The Labute approximate surface area is 219 Å². The molecule has 0 aliphatic carbocycles. The van der Waals surface area contributed by atoms with Gasteiger partial charge < -0.3 is 10.0 Å². The largest absolute Gasteiger partial charge is 0.494 e. The number of carbonyl (C=O) groups excluding carboxylic acids is 1. The molecule has 0 aliphatic heterocycles. The molecule has 5 rings (SSSR count). The van der Waals surface area contributed by atoms with E-state index in [-0.39, 0.29) is 16.7 Å². The van der Waals surface area contributed by atoms with Gasteiger partial charge in [-0.25, -0.2) is 0 Å². The van der Waals surface area contributed by atoms with Crippen LogP contribution < -0.4 is 4.87 Å². The first-order chi connectivity index (χ1) is 18.0. The molecule has 5 aromatic rings. The summed E-state index contributed by atoms with van der Waals surface area (Å²) in [7, 11) is 1.82. The highest BCUT2D eigenvalue weighted by molar-refractivity contribution is 7.09. The van der Waals surface area contributed by atoms with Gasteiger partial charge in [-0.2, -0.15) is 0 Å². The minimum Gasteiger partial charge on any atom is -0.494 e. The van der Waals surface area contributed by atoms with Crippen LogP contribution in [0.2, 0.25) is 0 Å². The average Bonchev–Trinajstić information content (AvgIpc) is 3.25. The Balaban J connectivity index is 1.25. The van der Waals surface area contributed by atoms with E-state index in [4.69, 9.17) is 0 Å². The molecule has 184 valence electrons. The number of benzene rings is 4. The molecule has 1 aromatic heterocycles. The number of hydrogen-bond acceptors (Lipinski definition) is 4. The number of nitrogens with one attached hydrogen (secondary N) is 1. The van der Waals surface area contributed by atoms with Gasteiger partial charge in [-0.1, -0.05) is 96.3 Å². The molecule has 6 heteroatoms. The van der Waals surface area contributed by atoms with E-state index in [1.54, 1.807) is 4.90 Å². The SMILES string of the molecule is CN(Cc1cccc(-c2ccc(Cc3sc(=O)[nH]c3O)cc2)c1)C(=O)c1ccc(-c2ccccc2)cc1. The zero-order chi connectivity index (χ0) is 25.8. The summed E-state index contributed by atoms with van der Waals surface area (Å²) in [5.41, 5.74) is 7.04. The van der Waals surface area contributed by atoms with Gasteiger partial charge in [-0.3, -0.25) is 14.6 Å². The summed E-state index contributed by atoms with van der Waals surface area (Å²) in [4.78, 5) is 29.0. The maximum Gasteiger partial charge on any atom is 0.307 e. The molecule has 0 fully saturated rings. The number of thiazole rings is 1. The van der Waals surface area contributed by atoms with E-state index in [1.165, 1.54) is 0 Å². The highest BCUT2D eigenvalue weighted by Gasteiger charge is 2.13. The second-order valence-corrected chi connectivity index (χ2v) is 10.0. The number of amides is 1. The minimum absolute atomic E-state index is 0.0234. The molecular formula is C31H26N2O3S. The van der Waals surface area contributed by atoms with Crippen LogP contribution in [0.15, 0.2) is 108 Å². The lowest BCUT2D eigenvalue weighted by Gasteiger charge is -2.18. The van der Waals surface area contributed by atoms with Crippen LogP contribution in [0.3, 0.4) is 0 Å². The Kier molecular flexibility index (Phi) is 7.01. The molecule has 5 nitrogen and oxygen atoms in total. The van der Waals surface area contributed by atoms with Crippen LogP contribution in [0.4, 0.5) is 0 Å². The summed E-state index contributed by atoms with van der Waals surface area (Å²) in [6.07, 6.45) is 0.495. The first-order valence-electron chi connectivity index (χ1n) is 12.0. The molecule has 2 N–H and O–H groups in total. The van der Waals surface area contributed by atoms with Gasteiger partial charge in [0.1, 0.15) is 0 Å². The number of aromatic nitrogens is 1. The van der Waals surface area contributed by atoms with Crippen molar-refractivity contribution < 1.29 is 9.90 Å². The zero-order valence-corrected chi connectivity index (χ0v) is 21.2. The fraction of sp³-hybridized carbons (Fsp3) is 0.0968. The van der Waals surface area contributed by atoms with Crippen molar-refractivity contribution >= 4 is 17.2 Å². The van der Waals surface area contributed by atoms with Crippen LogP contribution in [-0.4, -0.2) is 27.9 Å². The third kappa shape index (κ3) is 5.71. The lowest BCUT2D eigenvalue weighted by Crippen LogP contribution is -2.26. The van der Waals surface area contributed by atoms with E-state index < -0.39 is 0 Å². The van der Waals surface area contributed by atoms with Gasteiger partial charge in [0.15, 0.2) is 0 Å². The Hall–Kier alpha value is -4.42. The van der Waals surface area contributed by atoms with Crippen molar-refractivity contribution in [2.24, 2.45) is 0 Å². The Morgan fingerprint density at radius 3 is 2.08 bits per heavy atom. The predicted octanol–water partition coefficient (Wildman–Crippen LogP) is 6.34. The second-order valence-electron chi connectivity index (χ2n) is 8.96. The van der Waals surface area contributed by atoms with Crippen LogP contribution in [0, 0.1) is 0 Å². The molecule has 0 saturated heterocycles. The van der Waals surface area contributed by atoms with Crippen LogP contribution in [0.1, 0.15) is 26.4 Å². The summed E-state index contributed by atoms with van der Waals surface area (Å²) in [5.74, 6) is -0.0812. The summed E-state index contributed by atoms with van der Waals surface area (Å²) in [6.45, 7) is 0.497. The van der Waals surface area contributed by atoms with Gasteiger partial charge in [0.2, 0.25) is 5.88 Å². The maximum atomic E-state index is 13.1. The molecule has 1 heterocycles. The quantitative estimate of drug-likeness (QED) is 0.271. The lowest BCUT2D eigenvalue weighted by molar-refractivity contribution is 0.0785. The van der Waals surface area contributed by atoms with E-state index >= 15 is 0 Å². The third-order valence-corrected chi connectivity index (χ3v) is 7.16. The average molecular weight is 507 g/mol. The van der Waals surface area contributed by atoms with Gasteiger partial charge in [0.25, 0.3) is 5.91 Å². The highest BCUT2D eigenvalue weighted by atomic mass is 32.1. The van der Waals surface area contributed by atoms with E-state index in [0.717, 1.165) is 44.7 Å². The molecule has 1 amide bonds. The Morgan fingerprint density at radius 1 is 0.784 bits per heavy atom. The number of carbonyl (C=O) groups is 1. The van der Waals surface area contributed by atoms with E-state index in [0.29, 0.717) is 23.4 Å². The lowest BCUT2D eigenvalue weighted by atomic mass is 10.0. The van der Waals surface area contributed by atoms with Crippen molar-refractivity contribution in [3.8, 4) is 28.1 Å². The smallest absolute Gasteiger partial charge is 0.307 e. The van der Waals surface area contributed by atoms with Crippen molar-refractivity contribution in [1.29, 1.82) is 0 Å². The fourth-order valence-electron chi connectivity index (χ4n) is 4.32. The van der Waals surface area contributed by atoms with Gasteiger partial charge >= 0.3 is 4.87 Å². The van der Waals surface area contributed by atoms with E-state index in [1.807, 2.05) is 92.0 Å². The van der Waals surface area contributed by atoms with Crippen LogP contribution in [0.25, 0.3) is 22.3 Å². The number of nitrogens with zero attached hydrogens (tertiary/aromatic N) is 1. The number of aromatic amines is 1. The molecule has 37 heavy (non-hydrogen) atoms. The van der Waals surface area contributed by atoms with E-state index in [2.05, 4.69) is 23.2 Å².